The molecule has 1 aromatic rings. The summed E-state index contributed by atoms with van der Waals surface area (Å²) in [6, 6.07) is 6.20. The standard InChI is InChI=1S/C19H24O3/c1-19-9-8-13-14-7-6-12(21-2)10-17(14)22-11-15(13)16(19)4-3-5-18(19)20/h6-7,10,13,15-16H,3-5,8-9,11H2,1-2H3/t13?,15?,16?,19-/m0/s1. The van der Waals surface area contributed by atoms with Crippen LogP contribution in [0.1, 0.15) is 50.5 Å². The van der Waals surface area contributed by atoms with E-state index in [1.165, 1.54) is 12.0 Å². The Balaban J connectivity index is 1.69. The molecule has 4 rings (SSSR count). The van der Waals surface area contributed by atoms with E-state index in [1.807, 2.05) is 12.1 Å². The Morgan fingerprint density at radius 3 is 3.00 bits per heavy atom. The van der Waals surface area contributed by atoms with Gasteiger partial charge in [0.25, 0.3) is 0 Å². The molecule has 0 saturated heterocycles. The Hall–Kier alpha value is -1.51. The number of hydrogen-bond acceptors (Lipinski definition) is 3. The van der Waals surface area contributed by atoms with Crippen molar-refractivity contribution in [1.82, 2.24) is 0 Å². The molecule has 3 aliphatic rings. The molecule has 0 N–H and O–H groups in total. The van der Waals surface area contributed by atoms with Crippen LogP contribution in [-0.2, 0) is 4.79 Å². The quantitative estimate of drug-likeness (QED) is 0.787. The number of carbonyl (C=O) groups excluding carboxylic acids is 1. The highest BCUT2D eigenvalue weighted by Gasteiger charge is 2.53. The van der Waals surface area contributed by atoms with Crippen molar-refractivity contribution in [3.8, 4) is 11.5 Å². The van der Waals surface area contributed by atoms with Crippen molar-refractivity contribution in [2.75, 3.05) is 13.7 Å². The fourth-order valence-electron chi connectivity index (χ4n) is 5.13. The Morgan fingerprint density at radius 1 is 1.32 bits per heavy atom. The molecule has 4 atom stereocenters. The van der Waals surface area contributed by atoms with E-state index in [0.29, 0.717) is 23.5 Å². The molecule has 1 heterocycles. The van der Waals surface area contributed by atoms with E-state index >= 15 is 0 Å². The number of fused-ring (bicyclic) bond motifs is 5. The minimum absolute atomic E-state index is 0.104. The normalized spacial score (nSPS) is 36.6. The molecule has 118 valence electrons. The van der Waals surface area contributed by atoms with Crippen LogP contribution in [0.5, 0.6) is 11.5 Å². The lowest BCUT2D eigenvalue weighted by Crippen LogP contribution is -2.50. The summed E-state index contributed by atoms with van der Waals surface area (Å²) in [7, 11) is 1.69. The summed E-state index contributed by atoms with van der Waals surface area (Å²) in [5, 5.41) is 0. The average molecular weight is 300 g/mol. The molecule has 0 amide bonds. The van der Waals surface area contributed by atoms with E-state index in [-0.39, 0.29) is 5.41 Å². The maximum atomic E-state index is 12.5. The molecule has 0 spiro atoms. The molecule has 0 bridgehead atoms. The number of benzene rings is 1. The number of methoxy groups -OCH3 is 1. The Morgan fingerprint density at radius 2 is 2.18 bits per heavy atom. The Bertz CT molecular complexity index is 609. The minimum Gasteiger partial charge on any atom is -0.497 e. The van der Waals surface area contributed by atoms with Crippen LogP contribution in [-0.4, -0.2) is 19.5 Å². The van der Waals surface area contributed by atoms with E-state index < -0.39 is 0 Å². The van der Waals surface area contributed by atoms with Gasteiger partial charge >= 0.3 is 0 Å². The summed E-state index contributed by atoms with van der Waals surface area (Å²) >= 11 is 0. The van der Waals surface area contributed by atoms with Gasteiger partial charge in [0.1, 0.15) is 17.3 Å². The number of rotatable bonds is 1. The Labute approximate surface area is 132 Å². The monoisotopic (exact) mass is 300 g/mol. The van der Waals surface area contributed by atoms with Crippen molar-refractivity contribution < 1.29 is 14.3 Å². The first kappa shape index (κ1) is 14.1. The van der Waals surface area contributed by atoms with Crippen LogP contribution >= 0.6 is 0 Å². The minimum atomic E-state index is -0.104. The molecule has 1 aliphatic heterocycles. The van der Waals surface area contributed by atoms with E-state index in [9.17, 15) is 4.79 Å². The van der Waals surface area contributed by atoms with Crippen molar-refractivity contribution >= 4 is 5.78 Å². The molecular weight excluding hydrogens is 276 g/mol. The lowest BCUT2D eigenvalue weighted by Gasteiger charge is -2.52. The van der Waals surface area contributed by atoms with Gasteiger partial charge in [-0.15, -0.1) is 0 Å². The first-order valence-corrected chi connectivity index (χ1v) is 8.47. The second-order valence-electron chi connectivity index (χ2n) is 7.36. The van der Waals surface area contributed by atoms with Gasteiger partial charge < -0.3 is 9.47 Å². The van der Waals surface area contributed by atoms with Gasteiger partial charge in [-0.1, -0.05) is 13.0 Å². The van der Waals surface area contributed by atoms with Crippen LogP contribution in [0.2, 0.25) is 0 Å². The second-order valence-corrected chi connectivity index (χ2v) is 7.36. The molecule has 0 aromatic heterocycles. The van der Waals surface area contributed by atoms with E-state index in [4.69, 9.17) is 9.47 Å². The first-order chi connectivity index (χ1) is 10.6. The molecule has 3 heteroatoms. The number of carbonyl (C=O) groups is 1. The lowest BCUT2D eigenvalue weighted by atomic mass is 9.52. The third-order valence-electron chi connectivity index (χ3n) is 6.43. The highest BCUT2D eigenvalue weighted by atomic mass is 16.5. The lowest BCUT2D eigenvalue weighted by molar-refractivity contribution is -0.141. The van der Waals surface area contributed by atoms with Gasteiger partial charge in [-0.3, -0.25) is 4.79 Å². The zero-order valence-electron chi connectivity index (χ0n) is 13.4. The molecule has 2 fully saturated rings. The third-order valence-corrected chi connectivity index (χ3v) is 6.43. The maximum absolute atomic E-state index is 12.5. The van der Waals surface area contributed by atoms with Crippen LogP contribution in [0, 0.1) is 17.3 Å². The fourth-order valence-corrected chi connectivity index (χ4v) is 5.13. The molecular formula is C19H24O3. The van der Waals surface area contributed by atoms with E-state index in [0.717, 1.165) is 43.8 Å². The highest BCUT2D eigenvalue weighted by molar-refractivity contribution is 5.85. The average Bonchev–Trinajstić information content (AvgIpc) is 2.55. The molecule has 22 heavy (non-hydrogen) atoms. The molecule has 3 nitrogen and oxygen atoms in total. The van der Waals surface area contributed by atoms with Gasteiger partial charge in [0.05, 0.1) is 13.7 Å². The number of Topliss-reactive ketones (excluding diaryl/α,β-unsaturated/α-hetero) is 1. The summed E-state index contributed by atoms with van der Waals surface area (Å²) in [6.45, 7) is 2.96. The van der Waals surface area contributed by atoms with Gasteiger partial charge in [0.15, 0.2) is 0 Å². The van der Waals surface area contributed by atoms with Gasteiger partial charge in [0.2, 0.25) is 0 Å². The number of ether oxygens (including phenoxy) is 2. The first-order valence-electron chi connectivity index (χ1n) is 8.47. The highest BCUT2D eigenvalue weighted by Crippen LogP contribution is 2.57. The summed E-state index contributed by atoms with van der Waals surface area (Å²) < 4.78 is 11.4. The van der Waals surface area contributed by atoms with Crippen LogP contribution in [0.3, 0.4) is 0 Å². The van der Waals surface area contributed by atoms with Crippen LogP contribution < -0.4 is 9.47 Å². The van der Waals surface area contributed by atoms with Crippen LogP contribution in [0.15, 0.2) is 18.2 Å². The SMILES string of the molecule is COc1ccc2c(c1)OCC1C2CC[C@]2(C)C(=O)CCCC12. The van der Waals surface area contributed by atoms with Gasteiger partial charge in [-0.25, -0.2) is 0 Å². The number of ketones is 1. The summed E-state index contributed by atoms with van der Waals surface area (Å²) in [6.07, 6.45) is 5.14. The Kier molecular flexibility index (Phi) is 3.21. The predicted octanol–water partition coefficient (Wildman–Crippen LogP) is 3.96. The van der Waals surface area contributed by atoms with Gasteiger partial charge in [0, 0.05) is 23.8 Å². The molecule has 3 unspecified atom stereocenters. The summed E-state index contributed by atoms with van der Waals surface area (Å²) in [5.74, 6) is 3.84. The van der Waals surface area contributed by atoms with Crippen molar-refractivity contribution in [3.05, 3.63) is 23.8 Å². The molecule has 2 aliphatic carbocycles. The predicted molar refractivity (Wildman–Crippen MR) is 84.4 cm³/mol. The summed E-state index contributed by atoms with van der Waals surface area (Å²) in [5.41, 5.74) is 1.21. The molecule has 0 radical (unpaired) electrons. The molecule has 2 saturated carbocycles. The van der Waals surface area contributed by atoms with Crippen LogP contribution in [0.25, 0.3) is 0 Å². The van der Waals surface area contributed by atoms with Crippen LogP contribution in [0.4, 0.5) is 0 Å². The zero-order chi connectivity index (χ0) is 15.3. The number of hydrogen-bond donors (Lipinski definition) is 0. The smallest absolute Gasteiger partial charge is 0.139 e. The largest absolute Gasteiger partial charge is 0.497 e. The van der Waals surface area contributed by atoms with Crippen molar-refractivity contribution in [1.29, 1.82) is 0 Å². The topological polar surface area (TPSA) is 35.5 Å². The van der Waals surface area contributed by atoms with E-state index in [2.05, 4.69) is 13.0 Å². The zero-order valence-corrected chi connectivity index (χ0v) is 13.4. The van der Waals surface area contributed by atoms with Crippen molar-refractivity contribution in [2.45, 2.75) is 44.9 Å². The van der Waals surface area contributed by atoms with Crippen molar-refractivity contribution in [3.63, 3.8) is 0 Å². The third kappa shape index (κ3) is 1.90. The molecule has 1 aromatic carbocycles. The van der Waals surface area contributed by atoms with Gasteiger partial charge in [-0.05, 0) is 49.1 Å². The van der Waals surface area contributed by atoms with E-state index in [1.54, 1.807) is 7.11 Å². The van der Waals surface area contributed by atoms with Crippen molar-refractivity contribution in [2.24, 2.45) is 17.3 Å². The second kappa shape index (κ2) is 5.00. The van der Waals surface area contributed by atoms with Gasteiger partial charge in [-0.2, -0.15) is 0 Å². The fraction of sp³-hybridized carbons (Fsp3) is 0.632. The summed E-state index contributed by atoms with van der Waals surface area (Å²) in [4.78, 5) is 12.5. The maximum Gasteiger partial charge on any atom is 0.139 e.